The van der Waals surface area contributed by atoms with Crippen molar-refractivity contribution in [2.45, 2.75) is 44.4 Å². The van der Waals surface area contributed by atoms with E-state index in [-0.39, 0.29) is 43.4 Å². The summed E-state index contributed by atoms with van der Waals surface area (Å²) < 4.78 is 38.4. The summed E-state index contributed by atoms with van der Waals surface area (Å²) >= 11 is 0. The summed E-state index contributed by atoms with van der Waals surface area (Å²) in [4.78, 5) is 13.8. The van der Waals surface area contributed by atoms with Crippen molar-refractivity contribution >= 4 is 18.3 Å². The number of nitrogens with two attached hydrogens (primary N) is 1. The van der Waals surface area contributed by atoms with E-state index >= 15 is 0 Å². The molecule has 2 N–H and O–H groups in total. The van der Waals surface area contributed by atoms with Gasteiger partial charge in [0.1, 0.15) is 0 Å². The van der Waals surface area contributed by atoms with Gasteiger partial charge in [-0.2, -0.15) is 13.2 Å². The Kier molecular flexibility index (Phi) is 6.26. The Bertz CT molecular complexity index is 518. The van der Waals surface area contributed by atoms with Gasteiger partial charge in [0.15, 0.2) is 0 Å². The smallest absolute Gasteiger partial charge is 0.333 e. The highest BCUT2D eigenvalue weighted by atomic mass is 35.5. The van der Waals surface area contributed by atoms with Gasteiger partial charge in [-0.25, -0.2) is 0 Å². The number of carbonyl (C=O) groups excluding carboxylic acids is 1. The summed E-state index contributed by atoms with van der Waals surface area (Å²) in [7, 11) is 0. The van der Waals surface area contributed by atoms with Crippen LogP contribution in [0.5, 0.6) is 0 Å². The molecule has 124 valence electrons. The second-order valence-electron chi connectivity index (χ2n) is 5.37. The third kappa shape index (κ3) is 4.36. The molecule has 0 radical (unpaired) electrons. The van der Waals surface area contributed by atoms with E-state index in [1.54, 1.807) is 17.9 Å². The first-order valence-corrected chi connectivity index (χ1v) is 7.03. The largest absolute Gasteiger partial charge is 0.416 e. The average molecular weight is 337 g/mol. The third-order valence-electron chi connectivity index (χ3n) is 3.70. The molecule has 0 aliphatic heterocycles. The average Bonchev–Trinajstić information content (AvgIpc) is 3.23. The molecule has 0 heterocycles. The molecule has 3 nitrogen and oxygen atoms in total. The zero-order chi connectivity index (χ0) is 15.6. The maximum absolute atomic E-state index is 12.8. The number of benzene rings is 1. The Morgan fingerprint density at radius 3 is 2.55 bits per heavy atom. The molecule has 0 saturated heterocycles. The molecule has 1 amide bonds. The van der Waals surface area contributed by atoms with Crippen LogP contribution in [-0.2, 0) is 11.0 Å². The summed E-state index contributed by atoms with van der Waals surface area (Å²) in [6.07, 6.45) is -2.35. The molecule has 7 heteroatoms. The highest BCUT2D eigenvalue weighted by Crippen LogP contribution is 2.36. The Morgan fingerprint density at radius 1 is 1.41 bits per heavy atom. The van der Waals surface area contributed by atoms with Crippen LogP contribution in [0.15, 0.2) is 24.3 Å². The summed E-state index contributed by atoms with van der Waals surface area (Å²) in [6, 6.07) is 4.93. The summed E-state index contributed by atoms with van der Waals surface area (Å²) in [5.41, 5.74) is 5.23. The minimum Gasteiger partial charge on any atom is -0.333 e. The SMILES string of the molecule is CC(c1cccc(C(F)(F)F)c1)N(C(=O)CCN)C1CC1.Cl. The van der Waals surface area contributed by atoms with E-state index in [4.69, 9.17) is 5.73 Å². The Hall–Kier alpha value is -1.27. The molecule has 1 fully saturated rings. The minimum absolute atomic E-state index is 0. The molecule has 1 aromatic carbocycles. The maximum atomic E-state index is 12.8. The lowest BCUT2D eigenvalue weighted by Gasteiger charge is -2.30. The van der Waals surface area contributed by atoms with Crippen molar-refractivity contribution in [3.8, 4) is 0 Å². The van der Waals surface area contributed by atoms with Crippen molar-refractivity contribution in [2.75, 3.05) is 6.54 Å². The fraction of sp³-hybridized carbons (Fsp3) is 0.533. The quantitative estimate of drug-likeness (QED) is 0.894. The number of hydrogen-bond donors (Lipinski definition) is 1. The van der Waals surface area contributed by atoms with E-state index in [0.717, 1.165) is 25.0 Å². The highest BCUT2D eigenvalue weighted by molar-refractivity contribution is 5.85. The molecule has 1 aliphatic rings. The van der Waals surface area contributed by atoms with Gasteiger partial charge in [-0.15, -0.1) is 12.4 Å². The van der Waals surface area contributed by atoms with E-state index < -0.39 is 11.7 Å². The van der Waals surface area contributed by atoms with E-state index in [1.165, 1.54) is 6.07 Å². The second-order valence-corrected chi connectivity index (χ2v) is 5.37. The van der Waals surface area contributed by atoms with Crippen LogP contribution in [0, 0.1) is 0 Å². The summed E-state index contributed by atoms with van der Waals surface area (Å²) in [6.45, 7) is 2.01. The molecule has 0 aromatic heterocycles. The third-order valence-corrected chi connectivity index (χ3v) is 3.70. The van der Waals surface area contributed by atoms with Crippen molar-refractivity contribution in [3.63, 3.8) is 0 Å². The first-order valence-electron chi connectivity index (χ1n) is 7.03. The van der Waals surface area contributed by atoms with Gasteiger partial charge in [0.2, 0.25) is 5.91 Å². The van der Waals surface area contributed by atoms with E-state index in [2.05, 4.69) is 0 Å². The number of halogens is 4. The lowest BCUT2D eigenvalue weighted by molar-refractivity contribution is -0.137. The van der Waals surface area contributed by atoms with Crippen LogP contribution in [0.4, 0.5) is 13.2 Å². The normalized spacial score (nSPS) is 15.9. The second kappa shape index (κ2) is 7.33. The molecule has 1 atom stereocenters. The van der Waals surface area contributed by atoms with Crippen molar-refractivity contribution in [3.05, 3.63) is 35.4 Å². The van der Waals surface area contributed by atoms with Crippen LogP contribution < -0.4 is 5.73 Å². The number of alkyl halides is 3. The molecule has 1 unspecified atom stereocenters. The van der Waals surface area contributed by atoms with Crippen LogP contribution in [-0.4, -0.2) is 23.4 Å². The molecule has 2 rings (SSSR count). The first-order chi connectivity index (χ1) is 9.84. The molecule has 22 heavy (non-hydrogen) atoms. The molecule has 1 saturated carbocycles. The van der Waals surface area contributed by atoms with Crippen molar-refractivity contribution in [1.82, 2.24) is 4.90 Å². The van der Waals surface area contributed by atoms with Gasteiger partial charge in [0.25, 0.3) is 0 Å². The zero-order valence-electron chi connectivity index (χ0n) is 12.3. The lowest BCUT2D eigenvalue weighted by atomic mass is 10.0. The predicted octanol–water partition coefficient (Wildman–Crippen LogP) is 3.53. The number of nitrogens with zero attached hydrogens (tertiary/aromatic N) is 1. The van der Waals surface area contributed by atoms with E-state index in [0.29, 0.717) is 5.56 Å². The van der Waals surface area contributed by atoms with Gasteiger partial charge in [-0.1, -0.05) is 12.1 Å². The summed E-state index contributed by atoms with van der Waals surface area (Å²) in [5.74, 6) is -0.0927. The van der Waals surface area contributed by atoms with Crippen molar-refractivity contribution in [1.29, 1.82) is 0 Å². The Balaban J connectivity index is 0.00000242. The molecule has 1 aliphatic carbocycles. The van der Waals surface area contributed by atoms with Crippen LogP contribution in [0.25, 0.3) is 0 Å². The molecular weight excluding hydrogens is 317 g/mol. The number of amides is 1. The summed E-state index contributed by atoms with van der Waals surface area (Å²) in [5, 5.41) is 0. The Morgan fingerprint density at radius 2 is 2.05 bits per heavy atom. The van der Waals surface area contributed by atoms with Gasteiger partial charge < -0.3 is 10.6 Å². The molecule has 1 aromatic rings. The monoisotopic (exact) mass is 336 g/mol. The van der Waals surface area contributed by atoms with Gasteiger partial charge in [0, 0.05) is 19.0 Å². The number of rotatable bonds is 5. The predicted molar refractivity (Wildman–Crippen MR) is 80.6 cm³/mol. The molecular formula is C15H20ClF3N2O. The number of hydrogen-bond acceptors (Lipinski definition) is 2. The first kappa shape index (κ1) is 18.8. The van der Waals surface area contributed by atoms with Crippen molar-refractivity contribution < 1.29 is 18.0 Å². The standard InChI is InChI=1S/C15H19F3N2O.ClH/c1-10(20(13-5-6-13)14(21)7-8-19)11-3-2-4-12(9-11)15(16,17)18;/h2-4,9-10,13H,5-8,19H2,1H3;1H. The molecule has 0 spiro atoms. The van der Waals surface area contributed by atoms with Crippen LogP contribution >= 0.6 is 12.4 Å². The molecule has 0 bridgehead atoms. The minimum atomic E-state index is -4.37. The Labute approximate surface area is 134 Å². The van der Waals surface area contributed by atoms with Crippen molar-refractivity contribution in [2.24, 2.45) is 5.73 Å². The topological polar surface area (TPSA) is 46.3 Å². The fourth-order valence-corrected chi connectivity index (χ4v) is 2.48. The maximum Gasteiger partial charge on any atom is 0.416 e. The lowest BCUT2D eigenvalue weighted by Crippen LogP contribution is -2.36. The fourth-order valence-electron chi connectivity index (χ4n) is 2.48. The number of carbonyl (C=O) groups is 1. The van der Waals surface area contributed by atoms with E-state index in [9.17, 15) is 18.0 Å². The van der Waals surface area contributed by atoms with Gasteiger partial charge in [-0.05, 0) is 37.5 Å². The zero-order valence-corrected chi connectivity index (χ0v) is 13.1. The van der Waals surface area contributed by atoms with Gasteiger partial charge in [0.05, 0.1) is 11.6 Å². The highest BCUT2D eigenvalue weighted by Gasteiger charge is 2.37. The van der Waals surface area contributed by atoms with Gasteiger partial charge >= 0.3 is 6.18 Å². The van der Waals surface area contributed by atoms with Crippen LogP contribution in [0.2, 0.25) is 0 Å². The van der Waals surface area contributed by atoms with Crippen LogP contribution in [0.3, 0.4) is 0 Å². The van der Waals surface area contributed by atoms with Crippen LogP contribution in [0.1, 0.15) is 43.4 Å². The van der Waals surface area contributed by atoms with Gasteiger partial charge in [-0.3, -0.25) is 4.79 Å². The van der Waals surface area contributed by atoms with E-state index in [1.807, 2.05) is 0 Å².